The molecular weight excluding hydrogens is 300 g/mol. The molecule has 0 aliphatic heterocycles. The summed E-state index contributed by atoms with van der Waals surface area (Å²) in [4.78, 5) is 23.2. The van der Waals surface area contributed by atoms with Gasteiger partial charge in [0.1, 0.15) is 6.04 Å². The number of carbonyl (C=O) groups is 2. The molecule has 0 aromatic heterocycles. The molecule has 0 aliphatic rings. The van der Waals surface area contributed by atoms with E-state index in [2.05, 4.69) is 5.32 Å². The molecule has 1 amide bonds. The Kier molecular flexibility index (Phi) is 6.61. The second kappa shape index (κ2) is 7.97. The Balaban J connectivity index is 2.56. The quantitative estimate of drug-likeness (QED) is 0.759. The number of benzene rings is 1. The van der Waals surface area contributed by atoms with Crippen molar-refractivity contribution in [3.63, 3.8) is 0 Å². The van der Waals surface area contributed by atoms with Gasteiger partial charge in [0.05, 0.1) is 5.75 Å². The van der Waals surface area contributed by atoms with Crippen molar-refractivity contribution in [1.82, 2.24) is 5.32 Å². The second-order valence-electron chi connectivity index (χ2n) is 4.63. The molecule has 4 nitrogen and oxygen atoms in total. The summed E-state index contributed by atoms with van der Waals surface area (Å²) in [7, 11) is 0. The van der Waals surface area contributed by atoms with Gasteiger partial charge in [-0.15, -0.1) is 11.8 Å². The van der Waals surface area contributed by atoms with Gasteiger partial charge < -0.3 is 10.4 Å². The molecule has 2 atom stereocenters. The fraction of sp³-hybridized carbons (Fsp3) is 0.429. The fourth-order valence-electron chi connectivity index (χ4n) is 1.61. The first kappa shape index (κ1) is 17.4. The third-order valence-electron chi connectivity index (χ3n) is 3.06. The van der Waals surface area contributed by atoms with Crippen molar-refractivity contribution in [3.05, 3.63) is 29.8 Å². The van der Waals surface area contributed by atoms with E-state index in [9.17, 15) is 18.4 Å². The molecule has 1 rings (SSSR count). The van der Waals surface area contributed by atoms with E-state index < -0.39 is 29.6 Å². The molecule has 0 spiro atoms. The highest BCUT2D eigenvalue weighted by Crippen LogP contribution is 2.20. The zero-order valence-corrected chi connectivity index (χ0v) is 12.5. The number of carboxylic acids is 1. The van der Waals surface area contributed by atoms with Crippen LogP contribution < -0.4 is 5.32 Å². The molecule has 0 fully saturated rings. The molecule has 0 saturated heterocycles. The average molecular weight is 317 g/mol. The van der Waals surface area contributed by atoms with Crippen LogP contribution >= 0.6 is 11.8 Å². The van der Waals surface area contributed by atoms with Crippen molar-refractivity contribution in [2.24, 2.45) is 5.92 Å². The van der Waals surface area contributed by atoms with Crippen LogP contribution in [0.4, 0.5) is 8.78 Å². The van der Waals surface area contributed by atoms with Gasteiger partial charge >= 0.3 is 5.97 Å². The third-order valence-corrected chi connectivity index (χ3v) is 4.05. The highest BCUT2D eigenvalue weighted by atomic mass is 32.2. The molecular formula is C14H17F2NO3S. The number of rotatable bonds is 7. The molecule has 0 unspecified atom stereocenters. The SMILES string of the molecule is CC[C@H](C)[C@H](NC(=O)CSc1ccc(F)c(F)c1)C(=O)O. The van der Waals surface area contributed by atoms with E-state index in [1.807, 2.05) is 6.92 Å². The van der Waals surface area contributed by atoms with Crippen LogP contribution in [0.3, 0.4) is 0 Å². The monoisotopic (exact) mass is 317 g/mol. The van der Waals surface area contributed by atoms with Crippen LogP contribution in [0.5, 0.6) is 0 Å². The molecule has 7 heteroatoms. The molecule has 1 aromatic carbocycles. The lowest BCUT2D eigenvalue weighted by Gasteiger charge is -2.19. The maximum Gasteiger partial charge on any atom is 0.326 e. The van der Waals surface area contributed by atoms with Crippen LogP contribution in [-0.2, 0) is 9.59 Å². The summed E-state index contributed by atoms with van der Waals surface area (Å²) in [6.45, 7) is 3.57. The van der Waals surface area contributed by atoms with E-state index in [4.69, 9.17) is 5.11 Å². The minimum atomic E-state index is -1.09. The highest BCUT2D eigenvalue weighted by Gasteiger charge is 2.25. The molecule has 0 bridgehead atoms. The van der Waals surface area contributed by atoms with Crippen LogP contribution in [0.2, 0.25) is 0 Å². The van der Waals surface area contributed by atoms with Gasteiger partial charge in [-0.05, 0) is 24.1 Å². The topological polar surface area (TPSA) is 66.4 Å². The number of carboxylic acid groups (broad SMARTS) is 1. The van der Waals surface area contributed by atoms with E-state index in [0.717, 1.165) is 23.9 Å². The standard InChI is InChI=1S/C14H17F2NO3S/c1-3-8(2)13(14(19)20)17-12(18)7-21-9-4-5-10(15)11(16)6-9/h4-6,8,13H,3,7H2,1-2H3,(H,17,18)(H,19,20)/t8-,13-/m0/s1. The number of amides is 1. The normalized spacial score (nSPS) is 13.5. The predicted octanol–water partition coefficient (Wildman–Crippen LogP) is 2.67. The molecule has 1 aromatic rings. The lowest BCUT2D eigenvalue weighted by Crippen LogP contribution is -2.45. The first-order chi connectivity index (χ1) is 9.85. The number of hydrogen-bond acceptors (Lipinski definition) is 3. The Morgan fingerprint density at radius 3 is 2.52 bits per heavy atom. The van der Waals surface area contributed by atoms with E-state index in [1.54, 1.807) is 6.92 Å². The van der Waals surface area contributed by atoms with Crippen LogP contribution in [-0.4, -0.2) is 28.8 Å². The van der Waals surface area contributed by atoms with Gasteiger partial charge in [0.2, 0.25) is 5.91 Å². The Bertz CT molecular complexity index is 525. The van der Waals surface area contributed by atoms with E-state index in [1.165, 1.54) is 6.07 Å². The van der Waals surface area contributed by atoms with Gasteiger partial charge in [-0.25, -0.2) is 13.6 Å². The molecule has 0 saturated carbocycles. The molecule has 0 heterocycles. The fourth-order valence-corrected chi connectivity index (χ4v) is 2.35. The van der Waals surface area contributed by atoms with Gasteiger partial charge in [0.25, 0.3) is 0 Å². The first-order valence-corrected chi connectivity index (χ1v) is 7.43. The lowest BCUT2D eigenvalue weighted by molar-refractivity contribution is -0.143. The summed E-state index contributed by atoms with van der Waals surface area (Å²) >= 11 is 1.01. The van der Waals surface area contributed by atoms with Crippen LogP contribution in [0, 0.1) is 17.6 Å². The molecule has 0 radical (unpaired) electrons. The van der Waals surface area contributed by atoms with Crippen molar-refractivity contribution in [2.75, 3.05) is 5.75 Å². The third kappa shape index (κ3) is 5.34. The number of thioether (sulfide) groups is 1. The molecule has 116 valence electrons. The predicted molar refractivity (Wildman–Crippen MR) is 76.1 cm³/mol. The minimum absolute atomic E-state index is 0.0642. The summed E-state index contributed by atoms with van der Waals surface area (Å²) in [5.74, 6) is -3.74. The summed E-state index contributed by atoms with van der Waals surface area (Å²) < 4.78 is 25.8. The van der Waals surface area contributed by atoms with E-state index >= 15 is 0 Å². The number of halogens is 2. The number of nitrogens with one attached hydrogen (secondary N) is 1. The minimum Gasteiger partial charge on any atom is -0.480 e. The van der Waals surface area contributed by atoms with Crippen LogP contribution in [0.1, 0.15) is 20.3 Å². The average Bonchev–Trinajstić information content (AvgIpc) is 2.44. The van der Waals surface area contributed by atoms with Gasteiger partial charge in [-0.2, -0.15) is 0 Å². The zero-order valence-electron chi connectivity index (χ0n) is 11.7. The summed E-state index contributed by atoms with van der Waals surface area (Å²) in [6, 6.07) is 2.39. The Morgan fingerprint density at radius 2 is 2.00 bits per heavy atom. The Labute approximate surface area is 125 Å². The Hall–Kier alpha value is -1.63. The zero-order chi connectivity index (χ0) is 16.0. The smallest absolute Gasteiger partial charge is 0.326 e. The summed E-state index contributed by atoms with van der Waals surface area (Å²) in [5, 5.41) is 11.5. The van der Waals surface area contributed by atoms with Crippen molar-refractivity contribution in [1.29, 1.82) is 0 Å². The van der Waals surface area contributed by atoms with Gasteiger partial charge in [0.15, 0.2) is 11.6 Å². The Morgan fingerprint density at radius 1 is 1.33 bits per heavy atom. The van der Waals surface area contributed by atoms with Crippen LogP contribution in [0.15, 0.2) is 23.1 Å². The number of hydrogen-bond donors (Lipinski definition) is 2. The largest absolute Gasteiger partial charge is 0.480 e. The van der Waals surface area contributed by atoms with Gasteiger partial charge in [-0.1, -0.05) is 20.3 Å². The van der Waals surface area contributed by atoms with Crippen molar-refractivity contribution in [2.45, 2.75) is 31.2 Å². The lowest BCUT2D eigenvalue weighted by atomic mass is 9.99. The number of aliphatic carboxylic acids is 1. The van der Waals surface area contributed by atoms with Crippen molar-refractivity contribution in [3.8, 4) is 0 Å². The maximum atomic E-state index is 13.0. The highest BCUT2D eigenvalue weighted by molar-refractivity contribution is 8.00. The first-order valence-electron chi connectivity index (χ1n) is 6.45. The van der Waals surface area contributed by atoms with E-state index in [0.29, 0.717) is 11.3 Å². The molecule has 2 N–H and O–H groups in total. The number of carbonyl (C=O) groups excluding carboxylic acids is 1. The second-order valence-corrected chi connectivity index (χ2v) is 5.68. The van der Waals surface area contributed by atoms with Crippen molar-refractivity contribution < 1.29 is 23.5 Å². The van der Waals surface area contributed by atoms with Crippen LogP contribution in [0.25, 0.3) is 0 Å². The summed E-state index contributed by atoms with van der Waals surface area (Å²) in [6.07, 6.45) is 0.619. The maximum absolute atomic E-state index is 13.0. The summed E-state index contributed by atoms with van der Waals surface area (Å²) in [5.41, 5.74) is 0. The molecule has 0 aliphatic carbocycles. The molecule has 21 heavy (non-hydrogen) atoms. The van der Waals surface area contributed by atoms with Crippen molar-refractivity contribution >= 4 is 23.6 Å². The van der Waals surface area contributed by atoms with Gasteiger partial charge in [-0.3, -0.25) is 4.79 Å². The van der Waals surface area contributed by atoms with E-state index in [-0.39, 0.29) is 11.7 Å². The van der Waals surface area contributed by atoms with Gasteiger partial charge in [0, 0.05) is 4.90 Å².